The minimum Gasteiger partial charge on any atom is -0.456 e. The van der Waals surface area contributed by atoms with Crippen molar-refractivity contribution in [3.05, 3.63) is 164 Å². The number of hydrogen-bond acceptors (Lipinski definition) is 4. The predicted octanol–water partition coefficient (Wildman–Crippen LogP) is 14.6. The van der Waals surface area contributed by atoms with Crippen LogP contribution in [0.5, 0.6) is 0 Å². The molecule has 2 nitrogen and oxygen atoms in total. The van der Waals surface area contributed by atoms with Crippen LogP contribution < -0.4 is 4.90 Å². The largest absolute Gasteiger partial charge is 0.456 e. The molecule has 0 aliphatic carbocycles. The van der Waals surface area contributed by atoms with Gasteiger partial charge in [0.25, 0.3) is 0 Å². The van der Waals surface area contributed by atoms with Crippen molar-refractivity contribution in [3.8, 4) is 11.1 Å². The molecular formula is C46H27NOS2. The highest BCUT2D eigenvalue weighted by Crippen LogP contribution is 2.44. The molecule has 3 heterocycles. The van der Waals surface area contributed by atoms with Gasteiger partial charge in [0.1, 0.15) is 11.2 Å². The van der Waals surface area contributed by atoms with Gasteiger partial charge in [0, 0.05) is 74.2 Å². The Morgan fingerprint density at radius 3 is 1.76 bits per heavy atom. The third kappa shape index (κ3) is 4.26. The molecular weight excluding hydrogens is 647 g/mol. The molecule has 0 unspecified atom stereocenters. The van der Waals surface area contributed by atoms with Crippen molar-refractivity contribution in [2.75, 3.05) is 4.90 Å². The van der Waals surface area contributed by atoms with Crippen LogP contribution >= 0.6 is 22.7 Å². The van der Waals surface area contributed by atoms with Crippen LogP contribution in [0.1, 0.15) is 0 Å². The molecule has 0 amide bonds. The molecule has 11 aromatic rings. The predicted molar refractivity (Wildman–Crippen MR) is 217 cm³/mol. The van der Waals surface area contributed by atoms with Crippen molar-refractivity contribution in [1.82, 2.24) is 0 Å². The third-order valence-corrected chi connectivity index (χ3v) is 12.3. The van der Waals surface area contributed by atoms with Crippen LogP contribution in [0.15, 0.2) is 168 Å². The van der Waals surface area contributed by atoms with Crippen LogP contribution in [-0.4, -0.2) is 0 Å². The van der Waals surface area contributed by atoms with Gasteiger partial charge in [0.15, 0.2) is 0 Å². The normalized spacial score (nSPS) is 12.0. The van der Waals surface area contributed by atoms with E-state index in [1.54, 1.807) is 0 Å². The van der Waals surface area contributed by atoms with Crippen LogP contribution in [0.4, 0.5) is 17.1 Å². The first-order valence-electron chi connectivity index (χ1n) is 16.8. The zero-order valence-electron chi connectivity index (χ0n) is 26.8. The van der Waals surface area contributed by atoms with Crippen molar-refractivity contribution in [2.24, 2.45) is 0 Å². The van der Waals surface area contributed by atoms with Gasteiger partial charge in [-0.3, -0.25) is 0 Å². The average Bonchev–Trinajstić information content (AvgIpc) is 3.84. The fraction of sp³-hybridized carbons (Fsp3) is 0. The van der Waals surface area contributed by atoms with E-state index in [2.05, 4.69) is 157 Å². The number of hydrogen-bond donors (Lipinski definition) is 0. The Hall–Kier alpha value is -5.94. The van der Waals surface area contributed by atoms with E-state index in [1.165, 1.54) is 62.2 Å². The quantitative estimate of drug-likeness (QED) is 0.185. The van der Waals surface area contributed by atoms with Crippen molar-refractivity contribution in [1.29, 1.82) is 0 Å². The average molecular weight is 674 g/mol. The third-order valence-electron chi connectivity index (χ3n) is 10.1. The molecule has 4 heteroatoms. The number of benzene rings is 8. The maximum absolute atomic E-state index is 6.37. The summed E-state index contributed by atoms with van der Waals surface area (Å²) < 4.78 is 11.6. The summed E-state index contributed by atoms with van der Waals surface area (Å²) in [4.78, 5) is 2.35. The first-order chi connectivity index (χ1) is 24.7. The fourth-order valence-electron chi connectivity index (χ4n) is 7.69. The van der Waals surface area contributed by atoms with E-state index in [4.69, 9.17) is 4.42 Å². The van der Waals surface area contributed by atoms with Crippen LogP contribution in [0, 0.1) is 0 Å². The molecule has 0 radical (unpaired) electrons. The Labute approximate surface area is 295 Å². The van der Waals surface area contributed by atoms with Gasteiger partial charge in [-0.15, -0.1) is 22.7 Å². The second-order valence-electron chi connectivity index (χ2n) is 12.9. The van der Waals surface area contributed by atoms with E-state index >= 15 is 0 Å². The van der Waals surface area contributed by atoms with Crippen LogP contribution in [-0.2, 0) is 0 Å². The number of anilines is 3. The molecule has 8 aromatic carbocycles. The zero-order chi connectivity index (χ0) is 32.8. The van der Waals surface area contributed by atoms with E-state index in [0.717, 1.165) is 39.0 Å². The summed E-state index contributed by atoms with van der Waals surface area (Å²) in [5.74, 6) is 0. The van der Waals surface area contributed by atoms with Crippen LogP contribution in [0.25, 0.3) is 84.2 Å². The monoisotopic (exact) mass is 673 g/mol. The lowest BCUT2D eigenvalue weighted by Gasteiger charge is -2.26. The number of fused-ring (bicyclic) bond motifs is 10. The Kier molecular flexibility index (Phi) is 6.03. The summed E-state index contributed by atoms with van der Waals surface area (Å²) in [6, 6.07) is 59.6. The lowest BCUT2D eigenvalue weighted by atomic mass is 9.96. The number of rotatable bonds is 4. The Morgan fingerprint density at radius 2 is 0.960 bits per heavy atom. The minimum atomic E-state index is 0.886. The molecule has 0 saturated carbocycles. The highest BCUT2D eigenvalue weighted by Gasteiger charge is 2.18. The number of furan rings is 1. The molecule has 50 heavy (non-hydrogen) atoms. The lowest BCUT2D eigenvalue weighted by Crippen LogP contribution is -2.09. The Morgan fingerprint density at radius 1 is 0.360 bits per heavy atom. The number of thiophene rings is 2. The van der Waals surface area contributed by atoms with Crippen molar-refractivity contribution < 1.29 is 4.42 Å². The number of nitrogens with zero attached hydrogens (tertiary/aromatic N) is 1. The SMILES string of the molecule is c1cc(-c2ccc(N(c3ccc4c(c3)oc3ccccc34)c3ccc4c(c3)sc3ccccc34)cc2)c2cc3sc4ccccc4c3cc2c1. The second kappa shape index (κ2) is 10.8. The van der Waals surface area contributed by atoms with E-state index in [0.29, 0.717) is 0 Å². The van der Waals surface area contributed by atoms with Gasteiger partial charge in [0.05, 0.1) is 0 Å². The first-order valence-corrected chi connectivity index (χ1v) is 18.5. The maximum atomic E-state index is 6.37. The zero-order valence-corrected chi connectivity index (χ0v) is 28.4. The van der Waals surface area contributed by atoms with Gasteiger partial charge in [-0.1, -0.05) is 91.0 Å². The molecule has 11 rings (SSSR count). The minimum absolute atomic E-state index is 0.886. The molecule has 0 fully saturated rings. The van der Waals surface area contributed by atoms with Crippen LogP contribution in [0.3, 0.4) is 0 Å². The highest BCUT2D eigenvalue weighted by atomic mass is 32.1. The van der Waals surface area contributed by atoms with Gasteiger partial charge in [-0.2, -0.15) is 0 Å². The first kappa shape index (κ1) is 28.0. The maximum Gasteiger partial charge on any atom is 0.137 e. The fourth-order valence-corrected chi connectivity index (χ4v) is 9.96. The molecule has 0 N–H and O–H groups in total. The molecule has 0 aliphatic heterocycles. The highest BCUT2D eigenvalue weighted by molar-refractivity contribution is 7.26. The standard InChI is InChI=1S/C46H27NOS2/c1-4-13-41-34(9-1)35-22-20-31(25-42(35)48-41)47(32-21-23-38-36-10-2-5-14-43(36)49-45(38)26-32)30-18-16-28(17-19-30)33-12-7-8-29-24-40-37-11-3-6-15-44(37)50-46(40)27-39(29)33/h1-27H. The molecule has 0 saturated heterocycles. The van der Waals surface area contributed by atoms with Gasteiger partial charge in [-0.25, -0.2) is 0 Å². The van der Waals surface area contributed by atoms with Crippen LogP contribution in [0.2, 0.25) is 0 Å². The summed E-state index contributed by atoms with van der Waals surface area (Å²) in [5, 5.41) is 10.1. The van der Waals surface area contributed by atoms with Crippen molar-refractivity contribution in [2.45, 2.75) is 0 Å². The molecule has 0 bridgehead atoms. The second-order valence-corrected chi connectivity index (χ2v) is 15.1. The van der Waals surface area contributed by atoms with E-state index in [1.807, 2.05) is 34.8 Å². The topological polar surface area (TPSA) is 16.4 Å². The van der Waals surface area contributed by atoms with Gasteiger partial charge in [-0.05, 0) is 88.6 Å². The molecule has 0 spiro atoms. The summed E-state index contributed by atoms with van der Waals surface area (Å²) in [7, 11) is 0. The summed E-state index contributed by atoms with van der Waals surface area (Å²) in [5.41, 5.74) is 7.51. The van der Waals surface area contributed by atoms with E-state index in [-0.39, 0.29) is 0 Å². The van der Waals surface area contributed by atoms with E-state index < -0.39 is 0 Å². The molecule has 0 aliphatic rings. The summed E-state index contributed by atoms with van der Waals surface area (Å²) in [6.45, 7) is 0. The summed E-state index contributed by atoms with van der Waals surface area (Å²) >= 11 is 3.72. The van der Waals surface area contributed by atoms with Gasteiger partial charge in [0.2, 0.25) is 0 Å². The van der Waals surface area contributed by atoms with Crippen molar-refractivity contribution >= 4 is 113 Å². The smallest absolute Gasteiger partial charge is 0.137 e. The van der Waals surface area contributed by atoms with E-state index in [9.17, 15) is 0 Å². The Balaban J connectivity index is 1.06. The number of para-hydroxylation sites is 1. The lowest BCUT2D eigenvalue weighted by molar-refractivity contribution is 0.669. The van der Waals surface area contributed by atoms with Gasteiger partial charge < -0.3 is 9.32 Å². The Bertz CT molecular complexity index is 2990. The molecule has 234 valence electrons. The van der Waals surface area contributed by atoms with Gasteiger partial charge >= 0.3 is 0 Å². The molecule has 0 atom stereocenters. The molecule has 3 aromatic heterocycles. The van der Waals surface area contributed by atoms with Crippen molar-refractivity contribution in [3.63, 3.8) is 0 Å². The summed E-state index contributed by atoms with van der Waals surface area (Å²) in [6.07, 6.45) is 0.